The van der Waals surface area contributed by atoms with Gasteiger partial charge >= 0.3 is 5.97 Å². The van der Waals surface area contributed by atoms with Crippen LogP contribution in [0.1, 0.15) is 0 Å². The Labute approximate surface area is 41.8 Å². The van der Waals surface area contributed by atoms with Gasteiger partial charge in [0, 0.05) is 6.58 Å². The summed E-state index contributed by atoms with van der Waals surface area (Å²) in [6.07, 6.45) is 1.66. The van der Waals surface area contributed by atoms with Crippen molar-refractivity contribution in [3.63, 3.8) is 0 Å². The van der Waals surface area contributed by atoms with Crippen molar-refractivity contribution in [2.45, 2.75) is 0 Å². The maximum Gasteiger partial charge on any atom is 0.450 e. The van der Waals surface area contributed by atoms with Gasteiger partial charge in [-0.15, -0.1) is 0 Å². The fraction of sp³-hybridized carbons (Fsp3) is 0.200. The molecule has 0 spiro atoms. The van der Waals surface area contributed by atoms with E-state index in [2.05, 4.69) is 11.3 Å². The van der Waals surface area contributed by atoms with Gasteiger partial charge in [-0.05, 0) is 0 Å². The van der Waals surface area contributed by atoms with E-state index in [-0.39, 0.29) is 5.97 Å². The molecule has 0 aromatic rings. The van der Waals surface area contributed by atoms with E-state index in [0.717, 1.165) is 0 Å². The Bertz CT molecular complexity index is 101. The van der Waals surface area contributed by atoms with Crippen LogP contribution in [0, 0.1) is 6.42 Å². The second kappa shape index (κ2) is 1.30. The summed E-state index contributed by atoms with van der Waals surface area (Å²) in [7, 11) is 0. The highest BCUT2D eigenvalue weighted by atomic mass is 16.5. The maximum absolute atomic E-state index is 10.2. The molecule has 1 rings (SSSR count). The van der Waals surface area contributed by atoms with Crippen molar-refractivity contribution >= 4 is 5.97 Å². The first-order valence-electron chi connectivity index (χ1n) is 2.00. The van der Waals surface area contributed by atoms with E-state index in [1.807, 2.05) is 0 Å². The first-order chi connectivity index (χ1) is 3.30. The molecule has 1 heterocycles. The summed E-state index contributed by atoms with van der Waals surface area (Å²) in [6.45, 7) is 3.81. The van der Waals surface area contributed by atoms with Crippen LogP contribution in [0.2, 0.25) is 0 Å². The predicted octanol–water partition coefficient (Wildman–Crippen LogP) is 0.304. The zero-order chi connectivity index (χ0) is 5.28. The molecule has 2 nitrogen and oxygen atoms in total. The van der Waals surface area contributed by atoms with E-state index >= 15 is 0 Å². The molecule has 0 unspecified atom stereocenters. The van der Waals surface area contributed by atoms with Crippen LogP contribution in [0.25, 0.3) is 0 Å². The lowest BCUT2D eigenvalue weighted by molar-refractivity contribution is -0.134. The predicted molar refractivity (Wildman–Crippen MR) is 24.4 cm³/mol. The molecule has 0 N–H and O–H groups in total. The Morgan fingerprint density at radius 2 is 2.57 bits per heavy atom. The van der Waals surface area contributed by atoms with Crippen LogP contribution in [-0.2, 0) is 9.53 Å². The average Bonchev–Trinajstić information content (AvgIpc) is 1.91. The van der Waals surface area contributed by atoms with Crippen molar-refractivity contribution in [1.82, 2.24) is 0 Å². The quantitative estimate of drug-likeness (QED) is 0.247. The molecule has 36 valence electrons. The molecule has 7 heavy (non-hydrogen) atoms. The standard InChI is InChI=1S/C5H5O2/c1-4-2-3-7-5(4)6/h2H,1,3H2/q+1. The average molecular weight is 97.1 g/mol. The molecular weight excluding hydrogens is 92.1 g/mol. The van der Waals surface area contributed by atoms with E-state index < -0.39 is 0 Å². The maximum atomic E-state index is 10.2. The van der Waals surface area contributed by atoms with Gasteiger partial charge in [0.15, 0.2) is 6.61 Å². The molecule has 0 aromatic heterocycles. The third kappa shape index (κ3) is 0.585. The lowest BCUT2D eigenvalue weighted by Gasteiger charge is -1.72. The number of esters is 1. The smallest absolute Gasteiger partial charge is 0.384 e. The minimum Gasteiger partial charge on any atom is -0.384 e. The van der Waals surface area contributed by atoms with Crippen LogP contribution in [0.3, 0.4) is 0 Å². The van der Waals surface area contributed by atoms with Gasteiger partial charge in [0.1, 0.15) is 0 Å². The Morgan fingerprint density at radius 3 is 2.71 bits per heavy atom. The van der Waals surface area contributed by atoms with Gasteiger partial charge in [-0.3, -0.25) is 0 Å². The Kier molecular flexibility index (Phi) is 0.785. The number of rotatable bonds is 0. The monoisotopic (exact) mass is 97.0 g/mol. The SMILES string of the molecule is C=C1[CH+]COC1=O. The second-order valence-corrected chi connectivity index (χ2v) is 1.33. The van der Waals surface area contributed by atoms with E-state index in [0.29, 0.717) is 12.2 Å². The van der Waals surface area contributed by atoms with E-state index in [1.165, 1.54) is 0 Å². The molecule has 0 saturated carbocycles. The molecule has 1 saturated heterocycles. The lowest BCUT2D eigenvalue weighted by atomic mass is 10.3. The Morgan fingerprint density at radius 1 is 1.86 bits per heavy atom. The number of hydrogen-bond acceptors (Lipinski definition) is 2. The third-order valence-electron chi connectivity index (χ3n) is 0.806. The Balaban J connectivity index is 2.65. The molecule has 0 atom stereocenters. The summed E-state index contributed by atoms with van der Waals surface area (Å²) >= 11 is 0. The van der Waals surface area contributed by atoms with Gasteiger partial charge in [-0.25, -0.2) is 0 Å². The fourth-order valence-corrected chi connectivity index (χ4v) is 0.394. The summed E-state index contributed by atoms with van der Waals surface area (Å²) in [6, 6.07) is 0. The molecule has 1 aliphatic rings. The van der Waals surface area contributed by atoms with Crippen molar-refractivity contribution in [1.29, 1.82) is 0 Å². The highest BCUT2D eigenvalue weighted by Gasteiger charge is 2.25. The molecule has 1 fully saturated rings. The largest absolute Gasteiger partial charge is 0.450 e. The zero-order valence-electron chi connectivity index (χ0n) is 3.81. The number of hydrogen-bond donors (Lipinski definition) is 0. The van der Waals surface area contributed by atoms with Crippen LogP contribution in [0.5, 0.6) is 0 Å². The highest BCUT2D eigenvalue weighted by Crippen LogP contribution is 2.07. The molecule has 0 aromatic carbocycles. The molecule has 0 aliphatic carbocycles. The molecular formula is C5H5O2+. The van der Waals surface area contributed by atoms with Crippen LogP contribution < -0.4 is 0 Å². The van der Waals surface area contributed by atoms with E-state index in [4.69, 9.17) is 0 Å². The van der Waals surface area contributed by atoms with E-state index in [1.54, 1.807) is 6.42 Å². The van der Waals surface area contributed by atoms with E-state index in [9.17, 15) is 4.79 Å². The minimum absolute atomic E-state index is 0.292. The summed E-state index contributed by atoms with van der Waals surface area (Å²) in [5.41, 5.74) is 0.472. The second-order valence-electron chi connectivity index (χ2n) is 1.33. The normalized spacial score (nSPS) is 18.9. The van der Waals surface area contributed by atoms with Crippen LogP contribution in [0.4, 0.5) is 0 Å². The highest BCUT2D eigenvalue weighted by molar-refractivity contribution is 5.92. The van der Waals surface area contributed by atoms with Gasteiger partial charge in [0.05, 0.1) is 6.42 Å². The van der Waals surface area contributed by atoms with Gasteiger partial charge in [0.2, 0.25) is 5.57 Å². The third-order valence-corrected chi connectivity index (χ3v) is 0.806. The first kappa shape index (κ1) is 4.24. The molecule has 0 bridgehead atoms. The van der Waals surface area contributed by atoms with Crippen molar-refractivity contribution in [2.75, 3.05) is 6.61 Å². The van der Waals surface area contributed by atoms with Gasteiger partial charge < -0.3 is 4.74 Å². The molecule has 2 heteroatoms. The summed E-state index contributed by atoms with van der Waals surface area (Å²) in [5, 5.41) is 0. The molecule has 0 radical (unpaired) electrons. The van der Waals surface area contributed by atoms with Crippen molar-refractivity contribution in [3.8, 4) is 0 Å². The summed E-state index contributed by atoms with van der Waals surface area (Å²) in [4.78, 5) is 10.2. The van der Waals surface area contributed by atoms with Crippen molar-refractivity contribution in [2.24, 2.45) is 0 Å². The Hall–Kier alpha value is -0.920. The van der Waals surface area contributed by atoms with Crippen LogP contribution in [0.15, 0.2) is 12.2 Å². The zero-order valence-corrected chi connectivity index (χ0v) is 3.81. The first-order valence-corrected chi connectivity index (χ1v) is 2.00. The van der Waals surface area contributed by atoms with Crippen LogP contribution >= 0.6 is 0 Å². The van der Waals surface area contributed by atoms with Gasteiger partial charge in [-0.2, -0.15) is 4.79 Å². The number of ether oxygens (including phenoxy) is 1. The molecule has 0 amide bonds. The fourth-order valence-electron chi connectivity index (χ4n) is 0.394. The number of carbonyl (C=O) groups is 1. The van der Waals surface area contributed by atoms with Crippen LogP contribution in [-0.4, -0.2) is 12.6 Å². The number of cyclic esters (lactones) is 1. The molecule has 1 aliphatic heterocycles. The lowest BCUT2D eigenvalue weighted by Crippen LogP contribution is -1.91. The van der Waals surface area contributed by atoms with Crippen molar-refractivity contribution in [3.05, 3.63) is 18.6 Å². The minimum atomic E-state index is -0.292. The summed E-state index contributed by atoms with van der Waals surface area (Å²) < 4.78 is 4.47. The van der Waals surface area contributed by atoms with Gasteiger partial charge in [0.25, 0.3) is 0 Å². The number of carbonyl (C=O) groups excluding carboxylic acids is 1. The summed E-state index contributed by atoms with van der Waals surface area (Å²) in [5.74, 6) is -0.292. The van der Waals surface area contributed by atoms with Gasteiger partial charge in [-0.1, -0.05) is 0 Å². The topological polar surface area (TPSA) is 26.3 Å². The van der Waals surface area contributed by atoms with Crippen molar-refractivity contribution < 1.29 is 9.53 Å².